The fraction of sp³-hybridized carbons (Fsp3) is 0.621. The molecule has 1 aromatic carbocycles. The molecular formula is C29H37N3O4. The third-order valence-corrected chi connectivity index (χ3v) is 9.10. The quantitative estimate of drug-likeness (QED) is 0.612. The highest BCUT2D eigenvalue weighted by atomic mass is 16.5. The van der Waals surface area contributed by atoms with Gasteiger partial charge in [-0.05, 0) is 44.7 Å². The van der Waals surface area contributed by atoms with E-state index in [0.717, 1.165) is 63.4 Å². The van der Waals surface area contributed by atoms with Gasteiger partial charge in [0.15, 0.2) is 0 Å². The Bertz CT molecular complexity index is 1060. The van der Waals surface area contributed by atoms with Crippen molar-refractivity contribution < 1.29 is 19.1 Å². The number of likely N-dealkylation sites (tertiary alicyclic amines) is 1. The van der Waals surface area contributed by atoms with Gasteiger partial charge in [0.2, 0.25) is 17.7 Å². The number of aryl methyl sites for hydroxylation is 1. The van der Waals surface area contributed by atoms with Gasteiger partial charge in [-0.2, -0.15) is 0 Å². The molecule has 3 unspecified atom stereocenters. The lowest BCUT2D eigenvalue weighted by molar-refractivity contribution is -0.144. The summed E-state index contributed by atoms with van der Waals surface area (Å²) in [5, 5.41) is 6.29. The van der Waals surface area contributed by atoms with Gasteiger partial charge in [-0.3, -0.25) is 14.4 Å². The molecule has 1 spiro atoms. The van der Waals surface area contributed by atoms with Crippen LogP contribution in [0.5, 0.6) is 0 Å². The molecule has 0 aromatic heterocycles. The van der Waals surface area contributed by atoms with Crippen molar-refractivity contribution in [3.05, 3.63) is 42.0 Å². The molecule has 3 aliphatic heterocycles. The van der Waals surface area contributed by atoms with Crippen LogP contribution in [0.2, 0.25) is 0 Å². The number of benzene rings is 1. The van der Waals surface area contributed by atoms with Crippen LogP contribution >= 0.6 is 0 Å². The lowest BCUT2D eigenvalue weighted by Crippen LogP contribution is -2.58. The summed E-state index contributed by atoms with van der Waals surface area (Å²) in [6.45, 7) is 2.00. The van der Waals surface area contributed by atoms with E-state index in [-0.39, 0.29) is 29.8 Å². The molecule has 5 atom stereocenters. The third-order valence-electron chi connectivity index (χ3n) is 9.10. The Hall–Kier alpha value is -2.67. The number of anilines is 1. The predicted molar refractivity (Wildman–Crippen MR) is 136 cm³/mol. The second-order valence-corrected chi connectivity index (χ2v) is 11.4. The van der Waals surface area contributed by atoms with Gasteiger partial charge in [-0.25, -0.2) is 0 Å². The van der Waals surface area contributed by atoms with Crippen LogP contribution in [0.1, 0.15) is 69.8 Å². The number of amides is 3. The molecular weight excluding hydrogens is 454 g/mol. The summed E-state index contributed by atoms with van der Waals surface area (Å²) in [6, 6.07) is 7.09. The number of nitrogens with one attached hydrogen (secondary N) is 2. The maximum atomic E-state index is 14.1. The van der Waals surface area contributed by atoms with Gasteiger partial charge in [0.1, 0.15) is 11.6 Å². The predicted octanol–water partition coefficient (Wildman–Crippen LogP) is 3.87. The van der Waals surface area contributed by atoms with E-state index in [1.807, 2.05) is 48.2 Å². The normalized spacial score (nSPS) is 34.1. The van der Waals surface area contributed by atoms with Gasteiger partial charge < -0.3 is 20.3 Å². The standard InChI is InChI=1S/C29H37N3O4/c1-18-12-14-20(15-13-18)30-26(33)23-22-16-17-29(36-22)24(23)28(35)32(21-10-6-3-7-11-21)25(29)27(34)31-19-8-4-2-5-9-19/h12-17,19,21-25H,2-11H2,1H3,(H,30,33)(H,31,34)/t22-,23?,24-,25?,29?/m1/s1. The number of ether oxygens (including phenoxy) is 1. The monoisotopic (exact) mass is 491 g/mol. The summed E-state index contributed by atoms with van der Waals surface area (Å²) in [5.74, 6) is -1.76. The van der Waals surface area contributed by atoms with Crippen molar-refractivity contribution in [1.82, 2.24) is 10.2 Å². The number of carbonyl (C=O) groups is 3. The fourth-order valence-corrected chi connectivity index (χ4v) is 7.35. The lowest BCUT2D eigenvalue weighted by atomic mass is 9.74. The van der Waals surface area contributed by atoms with Crippen LogP contribution in [0.25, 0.3) is 0 Å². The largest absolute Gasteiger partial charge is 0.359 e. The highest BCUT2D eigenvalue weighted by molar-refractivity contribution is 6.03. The first kappa shape index (κ1) is 23.7. The Morgan fingerprint density at radius 3 is 2.31 bits per heavy atom. The average Bonchev–Trinajstić information content (AvgIpc) is 3.54. The number of hydrogen-bond acceptors (Lipinski definition) is 4. The molecule has 1 aromatic rings. The van der Waals surface area contributed by atoms with Crippen molar-refractivity contribution in [1.29, 1.82) is 0 Å². The van der Waals surface area contributed by atoms with Crippen molar-refractivity contribution >= 4 is 23.4 Å². The van der Waals surface area contributed by atoms with Crippen LogP contribution in [0.15, 0.2) is 36.4 Å². The summed E-state index contributed by atoms with van der Waals surface area (Å²) in [7, 11) is 0. The number of carbonyl (C=O) groups excluding carboxylic acids is 3. The summed E-state index contributed by atoms with van der Waals surface area (Å²) >= 11 is 0. The van der Waals surface area contributed by atoms with Crippen molar-refractivity contribution in [2.24, 2.45) is 11.8 Å². The molecule has 3 amide bonds. The highest BCUT2D eigenvalue weighted by Gasteiger charge is 2.73. The topological polar surface area (TPSA) is 87.7 Å². The maximum Gasteiger partial charge on any atom is 0.246 e. The van der Waals surface area contributed by atoms with Crippen molar-refractivity contribution in [2.45, 2.75) is 101 Å². The minimum atomic E-state index is -1.08. The van der Waals surface area contributed by atoms with Crippen LogP contribution in [0.3, 0.4) is 0 Å². The number of fused-ring (bicyclic) bond motifs is 1. The molecule has 5 aliphatic rings. The Labute approximate surface area is 213 Å². The molecule has 2 saturated carbocycles. The van der Waals surface area contributed by atoms with E-state index in [9.17, 15) is 14.4 Å². The van der Waals surface area contributed by atoms with E-state index >= 15 is 0 Å². The molecule has 192 valence electrons. The second-order valence-electron chi connectivity index (χ2n) is 11.4. The first-order valence-corrected chi connectivity index (χ1v) is 13.9. The van der Waals surface area contributed by atoms with Gasteiger partial charge in [0.05, 0.1) is 17.9 Å². The average molecular weight is 492 g/mol. The van der Waals surface area contributed by atoms with Gasteiger partial charge in [0.25, 0.3) is 0 Å². The Morgan fingerprint density at radius 1 is 0.944 bits per heavy atom. The zero-order valence-electron chi connectivity index (χ0n) is 21.1. The van der Waals surface area contributed by atoms with E-state index in [0.29, 0.717) is 5.69 Å². The minimum absolute atomic E-state index is 0.0187. The summed E-state index contributed by atoms with van der Waals surface area (Å²) in [4.78, 5) is 43.4. The maximum absolute atomic E-state index is 14.1. The zero-order chi connectivity index (χ0) is 24.9. The van der Waals surface area contributed by atoms with Gasteiger partial charge in [0, 0.05) is 17.8 Å². The van der Waals surface area contributed by atoms with Crippen LogP contribution < -0.4 is 10.6 Å². The lowest BCUT2D eigenvalue weighted by Gasteiger charge is -2.39. The smallest absolute Gasteiger partial charge is 0.246 e. The van der Waals surface area contributed by atoms with Crippen molar-refractivity contribution in [3.8, 4) is 0 Å². The minimum Gasteiger partial charge on any atom is -0.359 e. The zero-order valence-corrected chi connectivity index (χ0v) is 21.1. The summed E-state index contributed by atoms with van der Waals surface area (Å²) in [6.07, 6.45) is 13.8. The second kappa shape index (κ2) is 9.33. The molecule has 2 bridgehead atoms. The van der Waals surface area contributed by atoms with Crippen LogP contribution in [-0.4, -0.2) is 52.5 Å². The third kappa shape index (κ3) is 3.87. The molecule has 4 fully saturated rings. The number of nitrogens with zero attached hydrogens (tertiary/aromatic N) is 1. The first-order valence-electron chi connectivity index (χ1n) is 13.9. The van der Waals surface area contributed by atoms with Crippen LogP contribution in [0, 0.1) is 18.8 Å². The van der Waals surface area contributed by atoms with E-state index in [1.54, 1.807) is 0 Å². The molecule has 3 heterocycles. The first-order chi connectivity index (χ1) is 17.5. The molecule has 2 aliphatic carbocycles. The van der Waals surface area contributed by atoms with Gasteiger partial charge >= 0.3 is 0 Å². The Kier molecular flexibility index (Phi) is 6.14. The summed E-state index contributed by atoms with van der Waals surface area (Å²) in [5.41, 5.74) is 0.736. The summed E-state index contributed by atoms with van der Waals surface area (Å²) < 4.78 is 6.49. The Balaban J connectivity index is 1.31. The van der Waals surface area contributed by atoms with Crippen molar-refractivity contribution in [2.75, 3.05) is 5.32 Å². The fourth-order valence-electron chi connectivity index (χ4n) is 7.35. The molecule has 7 heteroatoms. The molecule has 7 nitrogen and oxygen atoms in total. The van der Waals surface area contributed by atoms with Gasteiger partial charge in [-0.15, -0.1) is 0 Å². The van der Waals surface area contributed by atoms with Crippen LogP contribution in [0.4, 0.5) is 5.69 Å². The van der Waals surface area contributed by atoms with E-state index < -0.39 is 29.6 Å². The van der Waals surface area contributed by atoms with E-state index in [4.69, 9.17) is 4.74 Å². The molecule has 6 rings (SSSR count). The van der Waals surface area contributed by atoms with E-state index in [2.05, 4.69) is 10.6 Å². The molecule has 36 heavy (non-hydrogen) atoms. The highest BCUT2D eigenvalue weighted by Crippen LogP contribution is 2.56. The Morgan fingerprint density at radius 2 is 1.61 bits per heavy atom. The number of rotatable bonds is 5. The van der Waals surface area contributed by atoms with Crippen molar-refractivity contribution in [3.63, 3.8) is 0 Å². The SMILES string of the molecule is Cc1ccc(NC(=O)C2[C@H]3C=CC4(O3)C(C(=O)NC3CCCCC3)N(C3CCCCC3)C(=O)[C@@H]24)cc1. The van der Waals surface area contributed by atoms with Crippen LogP contribution in [-0.2, 0) is 19.1 Å². The molecule has 0 radical (unpaired) electrons. The molecule has 2 saturated heterocycles. The van der Waals surface area contributed by atoms with E-state index in [1.165, 1.54) is 6.42 Å². The van der Waals surface area contributed by atoms with Gasteiger partial charge in [-0.1, -0.05) is 68.4 Å². The molecule has 2 N–H and O–H groups in total. The number of hydrogen-bond donors (Lipinski definition) is 2.